The molecule has 3 rings (SSSR count). The molecule has 128 valence electrons. The Morgan fingerprint density at radius 2 is 1.92 bits per heavy atom. The van der Waals surface area contributed by atoms with Crippen molar-refractivity contribution in [1.82, 2.24) is 9.97 Å². The predicted molar refractivity (Wildman–Crippen MR) is 103 cm³/mol. The number of amides is 1. The van der Waals surface area contributed by atoms with E-state index < -0.39 is 8.07 Å². The van der Waals surface area contributed by atoms with Crippen LogP contribution in [0.4, 0.5) is 0 Å². The number of aromatic amines is 1. The molecule has 1 aliphatic heterocycles. The summed E-state index contributed by atoms with van der Waals surface area (Å²) in [4.78, 5) is 24.4. The Kier molecular flexibility index (Phi) is 4.92. The van der Waals surface area contributed by atoms with Crippen molar-refractivity contribution in [1.29, 1.82) is 0 Å². The molecule has 0 saturated carbocycles. The fraction of sp³-hybridized carbons (Fsp3) is 0.500. The Morgan fingerprint density at radius 1 is 1.25 bits per heavy atom. The number of aliphatic imine (C=N–C) groups is 1. The van der Waals surface area contributed by atoms with Crippen LogP contribution in [0.2, 0.25) is 30.2 Å². The molecule has 0 radical (unpaired) electrons. The Labute approximate surface area is 148 Å². The van der Waals surface area contributed by atoms with Gasteiger partial charge in [0.25, 0.3) is 5.91 Å². The molecular weight excluding hydrogens is 338 g/mol. The summed E-state index contributed by atoms with van der Waals surface area (Å²) in [6.45, 7) is 6.81. The van der Waals surface area contributed by atoms with Crippen LogP contribution in [0.15, 0.2) is 17.1 Å². The number of nitrogens with zero attached hydrogens (tertiary/aromatic N) is 2. The number of carbonyl (C=O) groups excluding carboxylic acids is 1. The van der Waals surface area contributed by atoms with Crippen LogP contribution in [0.5, 0.6) is 0 Å². The van der Waals surface area contributed by atoms with Crippen molar-refractivity contribution in [2.45, 2.75) is 57.8 Å². The molecular formula is C18H24ClN3OSi. The van der Waals surface area contributed by atoms with E-state index in [2.05, 4.69) is 28.1 Å². The molecule has 0 aliphatic carbocycles. The molecule has 0 atom stereocenters. The summed E-state index contributed by atoms with van der Waals surface area (Å²) in [6.07, 6.45) is 4.20. The highest BCUT2D eigenvalue weighted by Crippen LogP contribution is 2.26. The Bertz CT molecular complexity index is 796. The van der Waals surface area contributed by atoms with E-state index in [1.807, 2.05) is 6.92 Å². The number of fused-ring (bicyclic) bond motifs is 1. The van der Waals surface area contributed by atoms with Crippen LogP contribution in [0.3, 0.4) is 0 Å². The summed E-state index contributed by atoms with van der Waals surface area (Å²) in [5.74, 6) is -0.214. The third kappa shape index (κ3) is 3.95. The van der Waals surface area contributed by atoms with E-state index in [0.29, 0.717) is 16.4 Å². The number of H-pyrrole nitrogens is 1. The minimum atomic E-state index is -1.01. The minimum Gasteiger partial charge on any atom is -0.335 e. The summed E-state index contributed by atoms with van der Waals surface area (Å²) in [6, 6.07) is 6.21. The lowest BCUT2D eigenvalue weighted by Gasteiger charge is -2.25. The molecule has 0 spiro atoms. The number of rotatable bonds is 1. The molecule has 0 bridgehead atoms. The standard InChI is InChI=1S/C18H24ClN3OSi/c1-12-10-15(19)14-11-16(22-17(14)20-12)18(23)21-13-6-4-8-24(2,3)9-5-7-13/h10-11H,4-9H2,1-3H3,(H,20,22). The fourth-order valence-corrected chi connectivity index (χ4v) is 6.23. The lowest BCUT2D eigenvalue weighted by Crippen LogP contribution is -2.27. The molecule has 1 aliphatic rings. The van der Waals surface area contributed by atoms with E-state index in [9.17, 15) is 4.79 Å². The van der Waals surface area contributed by atoms with E-state index in [0.717, 1.165) is 42.5 Å². The van der Waals surface area contributed by atoms with Crippen molar-refractivity contribution in [3.63, 3.8) is 0 Å². The van der Waals surface area contributed by atoms with E-state index in [1.54, 1.807) is 12.1 Å². The summed E-state index contributed by atoms with van der Waals surface area (Å²) in [7, 11) is -1.01. The molecule has 0 aromatic carbocycles. The SMILES string of the molecule is Cc1cc(Cl)c2cc(C(=O)N=C3CCC[Si](C)(C)CCC3)[nH]c2n1. The van der Waals surface area contributed by atoms with Crippen molar-refractivity contribution in [2.75, 3.05) is 0 Å². The number of halogens is 1. The maximum absolute atomic E-state index is 12.5. The number of aromatic nitrogens is 2. The van der Waals surface area contributed by atoms with Crippen LogP contribution in [-0.4, -0.2) is 29.7 Å². The molecule has 1 N–H and O–H groups in total. The smallest absolute Gasteiger partial charge is 0.293 e. The highest BCUT2D eigenvalue weighted by molar-refractivity contribution is 6.77. The lowest BCUT2D eigenvalue weighted by atomic mass is 10.1. The monoisotopic (exact) mass is 361 g/mol. The zero-order valence-electron chi connectivity index (χ0n) is 14.6. The summed E-state index contributed by atoms with van der Waals surface area (Å²) in [5, 5.41) is 1.38. The van der Waals surface area contributed by atoms with Crippen LogP contribution >= 0.6 is 11.6 Å². The van der Waals surface area contributed by atoms with Crippen LogP contribution in [0.1, 0.15) is 41.9 Å². The Hall–Kier alpha value is -1.46. The lowest BCUT2D eigenvalue weighted by molar-refractivity contribution is 0.0998. The van der Waals surface area contributed by atoms with Gasteiger partial charge in [0.15, 0.2) is 0 Å². The second kappa shape index (κ2) is 6.80. The maximum Gasteiger partial charge on any atom is 0.293 e. The van der Waals surface area contributed by atoms with E-state index >= 15 is 0 Å². The van der Waals surface area contributed by atoms with Gasteiger partial charge in [0, 0.05) is 24.9 Å². The van der Waals surface area contributed by atoms with Crippen molar-refractivity contribution in [2.24, 2.45) is 4.99 Å². The molecule has 0 unspecified atom stereocenters. The fourth-order valence-electron chi connectivity index (χ4n) is 3.41. The molecule has 2 aromatic rings. The third-order valence-corrected chi connectivity index (χ3v) is 8.53. The van der Waals surface area contributed by atoms with Gasteiger partial charge in [-0.1, -0.05) is 49.6 Å². The first-order valence-corrected chi connectivity index (χ1v) is 12.4. The maximum atomic E-state index is 12.5. The molecule has 6 heteroatoms. The Morgan fingerprint density at radius 3 is 2.58 bits per heavy atom. The number of carbonyl (C=O) groups is 1. The van der Waals surface area contributed by atoms with Gasteiger partial charge in [-0.05, 0) is 31.9 Å². The molecule has 2 aromatic heterocycles. The van der Waals surface area contributed by atoms with Gasteiger partial charge in [-0.3, -0.25) is 4.79 Å². The molecule has 24 heavy (non-hydrogen) atoms. The van der Waals surface area contributed by atoms with Gasteiger partial charge in [-0.15, -0.1) is 0 Å². The van der Waals surface area contributed by atoms with Crippen molar-refractivity contribution < 1.29 is 4.79 Å². The molecule has 1 fully saturated rings. The van der Waals surface area contributed by atoms with Gasteiger partial charge in [-0.2, -0.15) is 0 Å². The number of nitrogens with one attached hydrogen (secondary N) is 1. The zero-order chi connectivity index (χ0) is 17.3. The quantitative estimate of drug-likeness (QED) is 0.692. The van der Waals surface area contributed by atoms with Gasteiger partial charge < -0.3 is 4.98 Å². The van der Waals surface area contributed by atoms with Gasteiger partial charge >= 0.3 is 0 Å². The van der Waals surface area contributed by atoms with Gasteiger partial charge in [0.1, 0.15) is 11.3 Å². The average Bonchev–Trinajstić information content (AvgIpc) is 2.89. The highest BCUT2D eigenvalue weighted by Gasteiger charge is 2.23. The minimum absolute atomic E-state index is 0.214. The first-order valence-electron chi connectivity index (χ1n) is 8.61. The van der Waals surface area contributed by atoms with E-state index in [1.165, 1.54) is 12.1 Å². The van der Waals surface area contributed by atoms with E-state index in [-0.39, 0.29) is 5.91 Å². The molecule has 4 nitrogen and oxygen atoms in total. The summed E-state index contributed by atoms with van der Waals surface area (Å²) < 4.78 is 0. The largest absolute Gasteiger partial charge is 0.335 e. The second-order valence-electron chi connectivity index (χ2n) is 7.55. The van der Waals surface area contributed by atoms with Crippen LogP contribution in [0, 0.1) is 6.92 Å². The molecule has 1 saturated heterocycles. The number of hydrogen-bond acceptors (Lipinski definition) is 2. The third-order valence-electron chi connectivity index (χ3n) is 4.81. The number of aryl methyl sites for hydroxylation is 1. The summed E-state index contributed by atoms with van der Waals surface area (Å²) in [5.41, 5.74) is 2.98. The topological polar surface area (TPSA) is 58.1 Å². The first-order chi connectivity index (χ1) is 11.3. The first kappa shape index (κ1) is 17.4. The molecule has 1 amide bonds. The van der Waals surface area contributed by atoms with Gasteiger partial charge in [0.05, 0.1) is 5.02 Å². The van der Waals surface area contributed by atoms with Gasteiger partial charge in [0.2, 0.25) is 0 Å². The van der Waals surface area contributed by atoms with Crippen molar-refractivity contribution in [3.8, 4) is 0 Å². The van der Waals surface area contributed by atoms with Crippen molar-refractivity contribution in [3.05, 3.63) is 28.5 Å². The van der Waals surface area contributed by atoms with Crippen LogP contribution < -0.4 is 0 Å². The van der Waals surface area contributed by atoms with Crippen molar-refractivity contribution >= 4 is 42.3 Å². The number of pyridine rings is 1. The Balaban J connectivity index is 1.80. The van der Waals surface area contributed by atoms with Crippen LogP contribution in [-0.2, 0) is 0 Å². The molecule has 3 heterocycles. The van der Waals surface area contributed by atoms with Gasteiger partial charge in [-0.25, -0.2) is 9.98 Å². The average molecular weight is 362 g/mol. The van der Waals surface area contributed by atoms with E-state index in [4.69, 9.17) is 11.6 Å². The number of hydrogen-bond donors (Lipinski definition) is 1. The zero-order valence-corrected chi connectivity index (χ0v) is 16.3. The van der Waals surface area contributed by atoms with Crippen LogP contribution in [0.25, 0.3) is 11.0 Å². The normalized spacial score (nSPS) is 18.2. The predicted octanol–water partition coefficient (Wildman–Crippen LogP) is 5.39. The highest BCUT2D eigenvalue weighted by atomic mass is 35.5. The second-order valence-corrected chi connectivity index (χ2v) is 13.3. The summed E-state index contributed by atoms with van der Waals surface area (Å²) >= 11 is 6.24.